The van der Waals surface area contributed by atoms with Gasteiger partial charge in [0.15, 0.2) is 6.10 Å². The molecule has 0 aliphatic carbocycles. The normalized spacial score (nSPS) is 11.8. The van der Waals surface area contributed by atoms with Crippen molar-refractivity contribution in [1.29, 1.82) is 0 Å². The maximum absolute atomic E-state index is 12.3. The van der Waals surface area contributed by atoms with Crippen LogP contribution in [0, 0.1) is 20.8 Å². The molecule has 2 aromatic carbocycles. The molecule has 0 fully saturated rings. The topological polar surface area (TPSA) is 77.2 Å². The number of rotatable bonds is 5. The molecule has 6 heteroatoms. The average Bonchev–Trinajstić information content (AvgIpc) is 3.02. The lowest BCUT2D eigenvalue weighted by molar-refractivity contribution is -0.122. The molecule has 1 heterocycles. The number of hydrogen-bond acceptors (Lipinski definition) is 5. The van der Waals surface area contributed by atoms with Gasteiger partial charge in [-0.15, -0.1) is 0 Å². The summed E-state index contributed by atoms with van der Waals surface area (Å²) >= 11 is 0. The molecule has 0 aliphatic rings. The van der Waals surface area contributed by atoms with Gasteiger partial charge in [-0.05, 0) is 67.7 Å². The highest BCUT2D eigenvalue weighted by Crippen LogP contribution is 2.22. The van der Waals surface area contributed by atoms with E-state index >= 15 is 0 Å². The van der Waals surface area contributed by atoms with E-state index in [2.05, 4.69) is 15.5 Å². The van der Waals surface area contributed by atoms with Crippen LogP contribution in [0.1, 0.15) is 23.6 Å². The second kappa shape index (κ2) is 7.39. The Kier molecular flexibility index (Phi) is 5.02. The van der Waals surface area contributed by atoms with Crippen LogP contribution in [0.4, 0.5) is 5.95 Å². The van der Waals surface area contributed by atoms with Gasteiger partial charge in [0, 0.05) is 5.56 Å². The minimum Gasteiger partial charge on any atom is -0.481 e. The molecule has 26 heavy (non-hydrogen) atoms. The molecule has 1 aromatic heterocycles. The molecule has 1 amide bonds. The van der Waals surface area contributed by atoms with Crippen LogP contribution in [0.3, 0.4) is 0 Å². The Morgan fingerprint density at radius 2 is 1.81 bits per heavy atom. The van der Waals surface area contributed by atoms with E-state index < -0.39 is 6.10 Å². The molecule has 6 nitrogen and oxygen atoms in total. The van der Waals surface area contributed by atoms with E-state index in [-0.39, 0.29) is 11.9 Å². The van der Waals surface area contributed by atoms with Gasteiger partial charge in [-0.2, -0.15) is 4.98 Å². The maximum Gasteiger partial charge on any atom is 0.270 e. The van der Waals surface area contributed by atoms with E-state index in [4.69, 9.17) is 9.26 Å². The molecule has 1 N–H and O–H groups in total. The van der Waals surface area contributed by atoms with Gasteiger partial charge in [0.05, 0.1) is 0 Å². The third-order valence-electron chi connectivity index (χ3n) is 3.91. The first-order chi connectivity index (χ1) is 12.4. The Hall–Kier alpha value is -3.15. The molecule has 1 atom stereocenters. The minimum absolute atomic E-state index is 0.115. The molecule has 0 spiro atoms. The number of carbonyl (C=O) groups excluding carboxylic acids is 1. The number of aryl methyl sites for hydroxylation is 3. The van der Waals surface area contributed by atoms with Gasteiger partial charge in [0.1, 0.15) is 5.75 Å². The smallest absolute Gasteiger partial charge is 0.270 e. The van der Waals surface area contributed by atoms with Crippen LogP contribution in [-0.4, -0.2) is 22.2 Å². The van der Waals surface area contributed by atoms with E-state index in [0.29, 0.717) is 11.6 Å². The Bertz CT molecular complexity index is 913. The molecule has 0 unspecified atom stereocenters. The average molecular weight is 351 g/mol. The first kappa shape index (κ1) is 17.7. The van der Waals surface area contributed by atoms with Crippen LogP contribution in [-0.2, 0) is 4.79 Å². The van der Waals surface area contributed by atoms with Gasteiger partial charge in [-0.1, -0.05) is 24.3 Å². The largest absolute Gasteiger partial charge is 0.481 e. The number of anilines is 1. The monoisotopic (exact) mass is 351 g/mol. The van der Waals surface area contributed by atoms with Gasteiger partial charge < -0.3 is 9.26 Å². The van der Waals surface area contributed by atoms with Crippen molar-refractivity contribution in [3.8, 4) is 17.2 Å². The second-order valence-electron chi connectivity index (χ2n) is 6.31. The predicted molar refractivity (Wildman–Crippen MR) is 99.1 cm³/mol. The Morgan fingerprint density at radius 1 is 1.12 bits per heavy atom. The standard InChI is InChI=1S/C20H21N3O3/c1-12-9-13(2)11-16(10-12)25-15(4)18(24)21-20-22-19(26-23-20)17-8-6-5-7-14(17)3/h5-11,15H,1-4H3,(H,21,23,24)/t15-/m0/s1. The summed E-state index contributed by atoms with van der Waals surface area (Å²) in [6, 6.07) is 13.5. The van der Waals surface area contributed by atoms with Crippen molar-refractivity contribution in [3.63, 3.8) is 0 Å². The fourth-order valence-electron chi connectivity index (χ4n) is 2.67. The first-order valence-electron chi connectivity index (χ1n) is 8.38. The first-order valence-corrected chi connectivity index (χ1v) is 8.38. The molecular formula is C20H21N3O3. The summed E-state index contributed by atoms with van der Waals surface area (Å²) in [7, 11) is 0. The zero-order valence-corrected chi connectivity index (χ0v) is 15.2. The zero-order valence-electron chi connectivity index (χ0n) is 15.2. The summed E-state index contributed by atoms with van der Waals surface area (Å²) in [5, 5.41) is 6.44. The Balaban J connectivity index is 1.67. The number of nitrogens with one attached hydrogen (secondary N) is 1. The lowest BCUT2D eigenvalue weighted by Crippen LogP contribution is -2.30. The van der Waals surface area contributed by atoms with Crippen LogP contribution >= 0.6 is 0 Å². The quantitative estimate of drug-likeness (QED) is 0.750. The number of ether oxygens (including phenoxy) is 1. The number of nitrogens with zero attached hydrogens (tertiary/aromatic N) is 2. The van der Waals surface area contributed by atoms with Crippen molar-refractivity contribution in [2.45, 2.75) is 33.8 Å². The number of hydrogen-bond donors (Lipinski definition) is 1. The maximum atomic E-state index is 12.3. The molecule has 134 valence electrons. The van der Waals surface area contributed by atoms with Crippen molar-refractivity contribution in [2.24, 2.45) is 0 Å². The highest BCUT2D eigenvalue weighted by molar-refractivity contribution is 5.92. The van der Waals surface area contributed by atoms with Crippen molar-refractivity contribution in [3.05, 3.63) is 59.2 Å². The van der Waals surface area contributed by atoms with Crippen LogP contribution in [0.25, 0.3) is 11.5 Å². The van der Waals surface area contributed by atoms with E-state index in [1.54, 1.807) is 6.92 Å². The third-order valence-corrected chi connectivity index (χ3v) is 3.91. The summed E-state index contributed by atoms with van der Waals surface area (Å²) in [4.78, 5) is 16.6. The van der Waals surface area contributed by atoms with Gasteiger partial charge in [0.2, 0.25) is 0 Å². The van der Waals surface area contributed by atoms with E-state index in [1.807, 2.05) is 63.2 Å². The Morgan fingerprint density at radius 3 is 2.50 bits per heavy atom. The van der Waals surface area contributed by atoms with Crippen molar-refractivity contribution in [2.75, 3.05) is 5.32 Å². The zero-order chi connectivity index (χ0) is 18.7. The molecule has 0 saturated carbocycles. The van der Waals surface area contributed by atoms with Crippen molar-refractivity contribution < 1.29 is 14.1 Å². The van der Waals surface area contributed by atoms with Gasteiger partial charge in [-0.25, -0.2) is 0 Å². The van der Waals surface area contributed by atoms with Crippen LogP contribution in [0.15, 0.2) is 47.0 Å². The molecule has 0 saturated heterocycles. The summed E-state index contributed by atoms with van der Waals surface area (Å²) in [6.45, 7) is 7.60. The number of amides is 1. The molecule has 0 bridgehead atoms. The highest BCUT2D eigenvalue weighted by atomic mass is 16.5. The summed E-state index contributed by atoms with van der Waals surface area (Å²) in [5.41, 5.74) is 4.00. The fraction of sp³-hybridized carbons (Fsp3) is 0.250. The lowest BCUT2D eigenvalue weighted by Gasteiger charge is -2.14. The minimum atomic E-state index is -0.698. The molecule has 3 rings (SSSR count). The van der Waals surface area contributed by atoms with Crippen molar-refractivity contribution >= 4 is 11.9 Å². The molecule has 0 aliphatic heterocycles. The number of benzene rings is 2. The summed E-state index contributed by atoms with van der Waals surface area (Å²) in [5.74, 6) is 0.783. The summed E-state index contributed by atoms with van der Waals surface area (Å²) < 4.78 is 11.0. The third kappa shape index (κ3) is 4.08. The fourth-order valence-corrected chi connectivity index (χ4v) is 2.67. The van der Waals surface area contributed by atoms with Crippen LogP contribution < -0.4 is 10.1 Å². The number of carbonyl (C=O) groups is 1. The van der Waals surface area contributed by atoms with Crippen molar-refractivity contribution in [1.82, 2.24) is 10.1 Å². The lowest BCUT2D eigenvalue weighted by atomic mass is 10.1. The van der Waals surface area contributed by atoms with Gasteiger partial charge in [0.25, 0.3) is 17.7 Å². The second-order valence-corrected chi connectivity index (χ2v) is 6.31. The van der Waals surface area contributed by atoms with E-state index in [9.17, 15) is 4.79 Å². The van der Waals surface area contributed by atoms with Gasteiger partial charge in [-0.3, -0.25) is 10.1 Å². The highest BCUT2D eigenvalue weighted by Gasteiger charge is 2.18. The molecule has 0 radical (unpaired) electrons. The summed E-state index contributed by atoms with van der Waals surface area (Å²) in [6.07, 6.45) is -0.698. The SMILES string of the molecule is Cc1cc(C)cc(O[C@@H](C)C(=O)Nc2noc(-c3ccccc3C)n2)c1. The van der Waals surface area contributed by atoms with E-state index in [0.717, 1.165) is 22.3 Å². The number of aromatic nitrogens is 2. The Labute approximate surface area is 152 Å². The van der Waals surface area contributed by atoms with Gasteiger partial charge >= 0.3 is 0 Å². The molecular weight excluding hydrogens is 330 g/mol. The molecule has 3 aromatic rings. The van der Waals surface area contributed by atoms with Crippen LogP contribution in [0.2, 0.25) is 0 Å². The van der Waals surface area contributed by atoms with Crippen LogP contribution in [0.5, 0.6) is 5.75 Å². The predicted octanol–water partition coefficient (Wildman–Crippen LogP) is 4.07. The van der Waals surface area contributed by atoms with E-state index in [1.165, 1.54) is 0 Å².